The molecule has 0 bridgehead atoms. The Kier molecular flexibility index (Phi) is 5.31. The third-order valence-corrected chi connectivity index (χ3v) is 5.44. The Balaban J connectivity index is 1.69. The molecule has 0 spiro atoms. The lowest BCUT2D eigenvalue weighted by Crippen LogP contribution is -2.35. The van der Waals surface area contributed by atoms with Gasteiger partial charge in [-0.1, -0.05) is 12.5 Å². The highest BCUT2D eigenvalue weighted by Gasteiger charge is 2.20. The van der Waals surface area contributed by atoms with Crippen LogP contribution in [0.15, 0.2) is 18.2 Å². The monoisotopic (exact) mass is 307 g/mol. The average molecular weight is 307 g/mol. The summed E-state index contributed by atoms with van der Waals surface area (Å²) in [5.41, 5.74) is 1.34. The first-order chi connectivity index (χ1) is 10.3. The van der Waals surface area contributed by atoms with Gasteiger partial charge in [0.15, 0.2) is 11.5 Å². The fourth-order valence-corrected chi connectivity index (χ4v) is 4.20. The molecule has 1 aromatic rings. The summed E-state index contributed by atoms with van der Waals surface area (Å²) in [6.07, 6.45) is 6.50. The van der Waals surface area contributed by atoms with Crippen molar-refractivity contribution in [2.45, 2.75) is 44.2 Å². The average Bonchev–Trinajstić information content (AvgIpc) is 3.02. The first kappa shape index (κ1) is 15.0. The van der Waals surface area contributed by atoms with Crippen LogP contribution < -0.4 is 14.8 Å². The SMILES string of the molecule is COc1ccc(CC2CCCCN2)cc1OC1CCSC1. The van der Waals surface area contributed by atoms with Gasteiger partial charge in [-0.25, -0.2) is 0 Å². The Morgan fingerprint density at radius 2 is 2.19 bits per heavy atom. The smallest absolute Gasteiger partial charge is 0.161 e. The van der Waals surface area contributed by atoms with Crippen molar-refractivity contribution in [3.05, 3.63) is 23.8 Å². The number of benzene rings is 1. The molecule has 4 heteroatoms. The molecule has 2 aliphatic heterocycles. The van der Waals surface area contributed by atoms with E-state index in [0.717, 1.165) is 36.6 Å². The second kappa shape index (κ2) is 7.41. The second-order valence-electron chi connectivity index (χ2n) is 5.94. The first-order valence-corrected chi connectivity index (χ1v) is 9.15. The molecule has 116 valence electrons. The van der Waals surface area contributed by atoms with Crippen LogP contribution in [-0.4, -0.2) is 37.3 Å². The van der Waals surface area contributed by atoms with Gasteiger partial charge in [0.25, 0.3) is 0 Å². The van der Waals surface area contributed by atoms with Crippen LogP contribution in [0.1, 0.15) is 31.2 Å². The van der Waals surface area contributed by atoms with E-state index >= 15 is 0 Å². The summed E-state index contributed by atoms with van der Waals surface area (Å²) in [4.78, 5) is 0. The zero-order valence-electron chi connectivity index (χ0n) is 12.8. The van der Waals surface area contributed by atoms with Crippen LogP contribution in [-0.2, 0) is 6.42 Å². The molecule has 0 amide bonds. The number of rotatable bonds is 5. The van der Waals surface area contributed by atoms with Gasteiger partial charge in [0, 0.05) is 11.8 Å². The van der Waals surface area contributed by atoms with E-state index < -0.39 is 0 Å². The van der Waals surface area contributed by atoms with Gasteiger partial charge in [-0.3, -0.25) is 0 Å². The van der Waals surface area contributed by atoms with Crippen LogP contribution in [0.3, 0.4) is 0 Å². The van der Waals surface area contributed by atoms with E-state index in [9.17, 15) is 0 Å². The minimum Gasteiger partial charge on any atom is -0.493 e. The number of ether oxygens (including phenoxy) is 2. The van der Waals surface area contributed by atoms with Crippen LogP contribution in [0.2, 0.25) is 0 Å². The predicted octanol–water partition coefficient (Wildman–Crippen LogP) is 3.26. The summed E-state index contributed by atoms with van der Waals surface area (Å²) in [7, 11) is 1.72. The molecule has 1 aromatic carbocycles. The number of methoxy groups -OCH3 is 1. The minimum atomic E-state index is 0.340. The van der Waals surface area contributed by atoms with Gasteiger partial charge in [-0.15, -0.1) is 0 Å². The molecule has 2 aliphatic rings. The highest BCUT2D eigenvalue weighted by atomic mass is 32.2. The van der Waals surface area contributed by atoms with Crippen molar-refractivity contribution in [2.75, 3.05) is 25.2 Å². The molecule has 0 radical (unpaired) electrons. The van der Waals surface area contributed by atoms with Crippen LogP contribution in [0, 0.1) is 0 Å². The Bertz CT molecular complexity index is 454. The van der Waals surface area contributed by atoms with Crippen LogP contribution in [0.4, 0.5) is 0 Å². The van der Waals surface area contributed by atoms with Crippen molar-refractivity contribution in [1.82, 2.24) is 5.32 Å². The van der Waals surface area contributed by atoms with Gasteiger partial charge in [0.2, 0.25) is 0 Å². The lowest BCUT2D eigenvalue weighted by molar-refractivity contribution is 0.218. The second-order valence-corrected chi connectivity index (χ2v) is 7.09. The number of piperidine rings is 1. The summed E-state index contributed by atoms with van der Waals surface area (Å²) in [5, 5.41) is 3.61. The lowest BCUT2D eigenvalue weighted by Gasteiger charge is -2.24. The number of thioether (sulfide) groups is 1. The quantitative estimate of drug-likeness (QED) is 0.904. The molecule has 2 heterocycles. The lowest BCUT2D eigenvalue weighted by atomic mass is 9.97. The Morgan fingerprint density at radius 3 is 2.90 bits per heavy atom. The van der Waals surface area contributed by atoms with Gasteiger partial charge in [-0.2, -0.15) is 11.8 Å². The topological polar surface area (TPSA) is 30.5 Å². The first-order valence-electron chi connectivity index (χ1n) is 8.00. The standard InChI is InChI=1S/C17H25NO2S/c1-19-16-6-5-13(10-14-4-2-3-8-18-14)11-17(16)20-15-7-9-21-12-15/h5-6,11,14-15,18H,2-4,7-10,12H2,1H3. The van der Waals surface area contributed by atoms with E-state index in [1.807, 2.05) is 11.8 Å². The number of hydrogen-bond acceptors (Lipinski definition) is 4. The highest BCUT2D eigenvalue weighted by Crippen LogP contribution is 2.32. The zero-order chi connectivity index (χ0) is 14.5. The maximum Gasteiger partial charge on any atom is 0.161 e. The fraction of sp³-hybridized carbons (Fsp3) is 0.647. The summed E-state index contributed by atoms with van der Waals surface area (Å²) >= 11 is 1.97. The molecule has 2 fully saturated rings. The van der Waals surface area contributed by atoms with Crippen molar-refractivity contribution in [1.29, 1.82) is 0 Å². The Hall–Kier alpha value is -0.870. The number of hydrogen-bond donors (Lipinski definition) is 1. The largest absolute Gasteiger partial charge is 0.493 e. The molecular weight excluding hydrogens is 282 g/mol. The fourth-order valence-electron chi connectivity index (χ4n) is 3.11. The minimum absolute atomic E-state index is 0.340. The number of nitrogens with one attached hydrogen (secondary N) is 1. The molecule has 3 nitrogen and oxygen atoms in total. The van der Waals surface area contributed by atoms with E-state index in [4.69, 9.17) is 9.47 Å². The molecule has 3 rings (SSSR count). The van der Waals surface area contributed by atoms with E-state index in [-0.39, 0.29) is 0 Å². The molecule has 1 N–H and O–H groups in total. The zero-order valence-corrected chi connectivity index (χ0v) is 13.6. The van der Waals surface area contributed by atoms with Gasteiger partial charge in [0.1, 0.15) is 6.10 Å². The van der Waals surface area contributed by atoms with Gasteiger partial charge < -0.3 is 14.8 Å². The van der Waals surface area contributed by atoms with Crippen molar-refractivity contribution in [3.63, 3.8) is 0 Å². The van der Waals surface area contributed by atoms with Crippen molar-refractivity contribution in [2.24, 2.45) is 0 Å². The van der Waals surface area contributed by atoms with Crippen LogP contribution in [0.5, 0.6) is 11.5 Å². The highest BCUT2D eigenvalue weighted by molar-refractivity contribution is 7.99. The van der Waals surface area contributed by atoms with Gasteiger partial charge in [-0.05, 0) is 55.7 Å². The van der Waals surface area contributed by atoms with Crippen molar-refractivity contribution >= 4 is 11.8 Å². The van der Waals surface area contributed by atoms with Gasteiger partial charge in [0.05, 0.1) is 7.11 Å². The molecular formula is C17H25NO2S. The van der Waals surface area contributed by atoms with Crippen LogP contribution >= 0.6 is 11.8 Å². The van der Waals surface area contributed by atoms with Crippen LogP contribution in [0.25, 0.3) is 0 Å². The Morgan fingerprint density at radius 1 is 1.24 bits per heavy atom. The molecule has 2 unspecified atom stereocenters. The summed E-state index contributed by atoms with van der Waals surface area (Å²) in [5.74, 6) is 4.07. The molecule has 0 aliphatic carbocycles. The summed E-state index contributed by atoms with van der Waals surface area (Å²) in [6, 6.07) is 7.01. The predicted molar refractivity (Wildman–Crippen MR) is 88.7 cm³/mol. The third-order valence-electron chi connectivity index (χ3n) is 4.30. The molecule has 2 saturated heterocycles. The van der Waals surface area contributed by atoms with E-state index in [2.05, 4.69) is 23.5 Å². The van der Waals surface area contributed by atoms with E-state index in [0.29, 0.717) is 12.1 Å². The van der Waals surface area contributed by atoms with Crippen molar-refractivity contribution < 1.29 is 9.47 Å². The normalized spacial score (nSPS) is 25.8. The third kappa shape index (κ3) is 4.07. The maximum atomic E-state index is 6.16. The summed E-state index contributed by atoms with van der Waals surface area (Å²) < 4.78 is 11.6. The van der Waals surface area contributed by atoms with Gasteiger partial charge >= 0.3 is 0 Å². The summed E-state index contributed by atoms with van der Waals surface area (Å²) in [6.45, 7) is 1.16. The van der Waals surface area contributed by atoms with E-state index in [1.54, 1.807) is 7.11 Å². The van der Waals surface area contributed by atoms with E-state index in [1.165, 1.54) is 30.6 Å². The molecule has 0 aromatic heterocycles. The Labute approximate surface area is 131 Å². The maximum absolute atomic E-state index is 6.16. The molecule has 0 saturated carbocycles. The molecule has 2 atom stereocenters. The molecule has 21 heavy (non-hydrogen) atoms. The van der Waals surface area contributed by atoms with Crippen molar-refractivity contribution in [3.8, 4) is 11.5 Å².